The molecule has 74 valence electrons. The van der Waals surface area contributed by atoms with Crippen LogP contribution in [0.5, 0.6) is 0 Å². The summed E-state index contributed by atoms with van der Waals surface area (Å²) in [7, 11) is 0. The molecule has 1 unspecified atom stereocenters. The molecule has 14 heavy (non-hydrogen) atoms. The van der Waals surface area contributed by atoms with Crippen molar-refractivity contribution in [2.24, 2.45) is 0 Å². The van der Waals surface area contributed by atoms with Crippen LogP contribution in [0.1, 0.15) is 22.1 Å². The molecular formula is C10H11ClN2O. The van der Waals surface area contributed by atoms with Gasteiger partial charge in [0.1, 0.15) is 12.5 Å². The number of rotatable bonds is 2. The zero-order valence-electron chi connectivity index (χ0n) is 7.61. The molecule has 0 aliphatic carbocycles. The highest BCUT2D eigenvalue weighted by molar-refractivity contribution is 6.13. The smallest absolute Gasteiger partial charge is 0.150 e. The quantitative estimate of drug-likeness (QED) is 0.594. The van der Waals surface area contributed by atoms with E-state index in [1.807, 2.05) is 18.2 Å². The molecule has 2 rings (SSSR count). The van der Waals surface area contributed by atoms with Crippen LogP contribution in [0, 0.1) is 0 Å². The Labute approximate surface area is 87.8 Å². The monoisotopic (exact) mass is 210 g/mol. The lowest BCUT2D eigenvalue weighted by molar-refractivity contribution is 0.112. The third-order valence-electron chi connectivity index (χ3n) is 2.31. The van der Waals surface area contributed by atoms with Gasteiger partial charge in [-0.1, -0.05) is 18.2 Å². The second kappa shape index (κ2) is 4.09. The largest absolute Gasteiger partial charge is 0.298 e. The van der Waals surface area contributed by atoms with Gasteiger partial charge in [0.25, 0.3) is 0 Å². The predicted molar refractivity (Wildman–Crippen MR) is 55.1 cm³/mol. The molecule has 0 saturated carbocycles. The Kier molecular flexibility index (Phi) is 2.82. The fraction of sp³-hybridized carbons (Fsp3) is 0.300. The Morgan fingerprint density at radius 3 is 3.07 bits per heavy atom. The van der Waals surface area contributed by atoms with Crippen molar-refractivity contribution in [3.63, 3.8) is 0 Å². The molecule has 0 bridgehead atoms. The fourth-order valence-corrected chi connectivity index (χ4v) is 1.88. The van der Waals surface area contributed by atoms with E-state index in [4.69, 9.17) is 11.8 Å². The summed E-state index contributed by atoms with van der Waals surface area (Å²) in [5.41, 5.74) is 1.71. The number of halogens is 1. The minimum Gasteiger partial charge on any atom is -0.298 e. The third-order valence-corrected chi connectivity index (χ3v) is 2.67. The molecule has 0 spiro atoms. The van der Waals surface area contributed by atoms with Crippen LogP contribution >= 0.6 is 11.8 Å². The molecule has 1 saturated heterocycles. The lowest BCUT2D eigenvalue weighted by Crippen LogP contribution is -2.20. The topological polar surface area (TPSA) is 32.3 Å². The summed E-state index contributed by atoms with van der Waals surface area (Å²) in [6.45, 7) is 1.69. The minimum atomic E-state index is 0.0246. The number of aldehydes is 1. The third kappa shape index (κ3) is 1.80. The maximum Gasteiger partial charge on any atom is 0.150 e. The number of carbonyl (C=O) groups is 1. The van der Waals surface area contributed by atoms with Crippen LogP contribution in [0.25, 0.3) is 0 Å². The van der Waals surface area contributed by atoms with Gasteiger partial charge >= 0.3 is 0 Å². The van der Waals surface area contributed by atoms with Crippen molar-refractivity contribution in [3.05, 3.63) is 35.4 Å². The summed E-state index contributed by atoms with van der Waals surface area (Å²) >= 11 is 5.99. The fourth-order valence-electron chi connectivity index (χ4n) is 1.62. The summed E-state index contributed by atoms with van der Waals surface area (Å²) in [6, 6.07) is 7.46. The first-order chi connectivity index (χ1) is 6.81. The molecule has 4 heteroatoms. The molecule has 1 aromatic rings. The van der Waals surface area contributed by atoms with E-state index in [1.54, 1.807) is 10.5 Å². The average Bonchev–Trinajstić information content (AvgIpc) is 2.65. The first kappa shape index (κ1) is 9.65. The van der Waals surface area contributed by atoms with Gasteiger partial charge in [0, 0.05) is 18.7 Å². The van der Waals surface area contributed by atoms with Crippen LogP contribution in [0.2, 0.25) is 0 Å². The summed E-state index contributed by atoms with van der Waals surface area (Å²) in [4.78, 5) is 10.6. The van der Waals surface area contributed by atoms with Crippen LogP contribution in [0.4, 0.5) is 0 Å². The van der Waals surface area contributed by atoms with Crippen LogP contribution in [-0.4, -0.2) is 23.8 Å². The van der Waals surface area contributed by atoms with Crippen LogP contribution < -0.4 is 5.32 Å². The standard InChI is InChI=1S/C10H11ClN2O/c11-13-5-4-12-10(13)9-3-1-2-8(6-9)7-14/h1-3,6-7,10,12H,4-5H2. The van der Waals surface area contributed by atoms with E-state index in [0.717, 1.165) is 24.9 Å². The van der Waals surface area contributed by atoms with Crippen molar-refractivity contribution in [2.45, 2.75) is 6.17 Å². The van der Waals surface area contributed by atoms with Gasteiger partial charge in [0.2, 0.25) is 0 Å². The van der Waals surface area contributed by atoms with Gasteiger partial charge < -0.3 is 0 Å². The van der Waals surface area contributed by atoms with Crippen LogP contribution in [0.15, 0.2) is 24.3 Å². The highest BCUT2D eigenvalue weighted by Crippen LogP contribution is 2.23. The zero-order valence-corrected chi connectivity index (χ0v) is 8.37. The molecule has 1 N–H and O–H groups in total. The molecular weight excluding hydrogens is 200 g/mol. The molecule has 1 heterocycles. The molecule has 1 atom stereocenters. The SMILES string of the molecule is O=Cc1cccc(C2NCCN2Cl)c1. The van der Waals surface area contributed by atoms with E-state index in [1.165, 1.54) is 0 Å². The normalized spacial score (nSPS) is 22.5. The van der Waals surface area contributed by atoms with E-state index in [9.17, 15) is 4.79 Å². The number of nitrogens with one attached hydrogen (secondary N) is 1. The number of nitrogens with zero attached hydrogens (tertiary/aromatic N) is 1. The Balaban J connectivity index is 2.26. The maximum absolute atomic E-state index is 10.6. The lowest BCUT2D eigenvalue weighted by Gasteiger charge is -2.16. The Bertz CT molecular complexity index is 343. The number of hydrogen-bond donors (Lipinski definition) is 1. The van der Waals surface area contributed by atoms with Gasteiger partial charge in [0.15, 0.2) is 0 Å². The minimum absolute atomic E-state index is 0.0246. The van der Waals surface area contributed by atoms with Gasteiger partial charge in [0.05, 0.1) is 0 Å². The van der Waals surface area contributed by atoms with Crippen molar-refractivity contribution in [1.82, 2.24) is 9.74 Å². The summed E-state index contributed by atoms with van der Waals surface area (Å²) in [6.07, 6.45) is 0.869. The van der Waals surface area contributed by atoms with Crippen molar-refractivity contribution < 1.29 is 4.79 Å². The van der Waals surface area contributed by atoms with Crippen LogP contribution in [-0.2, 0) is 0 Å². The first-order valence-corrected chi connectivity index (χ1v) is 4.86. The Morgan fingerprint density at radius 1 is 1.57 bits per heavy atom. The van der Waals surface area contributed by atoms with Gasteiger partial charge in [-0.15, -0.1) is 0 Å². The molecule has 3 nitrogen and oxygen atoms in total. The van der Waals surface area contributed by atoms with Gasteiger partial charge in [-0.2, -0.15) is 4.42 Å². The van der Waals surface area contributed by atoms with E-state index in [0.29, 0.717) is 5.56 Å². The second-order valence-electron chi connectivity index (χ2n) is 3.27. The maximum atomic E-state index is 10.6. The number of carbonyl (C=O) groups excluding carboxylic acids is 1. The van der Waals surface area contributed by atoms with Gasteiger partial charge in [-0.05, 0) is 23.4 Å². The molecule has 1 aliphatic rings. The van der Waals surface area contributed by atoms with Crippen molar-refractivity contribution in [3.8, 4) is 0 Å². The van der Waals surface area contributed by atoms with Crippen LogP contribution in [0.3, 0.4) is 0 Å². The Hall–Kier alpha value is -0.900. The summed E-state index contributed by atoms with van der Waals surface area (Å²) in [5.74, 6) is 0. The molecule has 1 fully saturated rings. The first-order valence-electron chi connectivity index (χ1n) is 4.52. The molecule has 1 aliphatic heterocycles. The van der Waals surface area contributed by atoms with Gasteiger partial charge in [-0.25, -0.2) is 0 Å². The van der Waals surface area contributed by atoms with E-state index in [2.05, 4.69) is 5.32 Å². The highest BCUT2D eigenvalue weighted by Gasteiger charge is 2.23. The lowest BCUT2D eigenvalue weighted by atomic mass is 10.1. The molecule has 1 aromatic carbocycles. The molecule has 0 amide bonds. The zero-order chi connectivity index (χ0) is 9.97. The second-order valence-corrected chi connectivity index (χ2v) is 3.70. The van der Waals surface area contributed by atoms with Crippen molar-refractivity contribution in [2.75, 3.05) is 13.1 Å². The predicted octanol–water partition coefficient (Wildman–Crippen LogP) is 1.56. The highest BCUT2D eigenvalue weighted by atomic mass is 35.5. The summed E-state index contributed by atoms with van der Waals surface area (Å²) < 4.78 is 1.71. The average molecular weight is 211 g/mol. The summed E-state index contributed by atoms with van der Waals surface area (Å²) in [5, 5.41) is 3.25. The molecule has 0 radical (unpaired) electrons. The van der Waals surface area contributed by atoms with E-state index >= 15 is 0 Å². The number of benzene rings is 1. The van der Waals surface area contributed by atoms with E-state index in [-0.39, 0.29) is 6.17 Å². The van der Waals surface area contributed by atoms with Gasteiger partial charge in [-0.3, -0.25) is 10.1 Å². The van der Waals surface area contributed by atoms with Crippen molar-refractivity contribution in [1.29, 1.82) is 0 Å². The van der Waals surface area contributed by atoms with E-state index < -0.39 is 0 Å². The Morgan fingerprint density at radius 2 is 2.43 bits per heavy atom. The molecule has 0 aromatic heterocycles. The van der Waals surface area contributed by atoms with Crippen molar-refractivity contribution >= 4 is 18.1 Å². The number of hydrogen-bond acceptors (Lipinski definition) is 3.